The van der Waals surface area contributed by atoms with Gasteiger partial charge in [-0.25, -0.2) is 0 Å². The Kier molecular flexibility index (Phi) is 7.37. The van der Waals surface area contributed by atoms with Crippen molar-refractivity contribution in [3.05, 3.63) is 88.7 Å². The fourth-order valence-electron chi connectivity index (χ4n) is 4.44. The third-order valence-electron chi connectivity index (χ3n) is 6.20. The van der Waals surface area contributed by atoms with Gasteiger partial charge in [0.1, 0.15) is 11.4 Å². The van der Waals surface area contributed by atoms with Crippen LogP contribution in [-0.2, 0) is 16.5 Å². The highest BCUT2D eigenvalue weighted by Gasteiger charge is 2.44. The Labute approximate surface area is 219 Å². The van der Waals surface area contributed by atoms with Crippen molar-refractivity contribution in [3.8, 4) is 5.75 Å². The number of alkyl halides is 6. The summed E-state index contributed by atoms with van der Waals surface area (Å²) in [5.41, 5.74) is -0.493. The van der Waals surface area contributed by atoms with Crippen LogP contribution in [0.3, 0.4) is 0 Å². The van der Waals surface area contributed by atoms with Crippen molar-refractivity contribution in [3.63, 3.8) is 0 Å². The molecule has 4 rings (SSSR count). The number of nitrogens with one attached hydrogen (secondary N) is 1. The molecule has 1 N–H and O–H groups in total. The maximum Gasteiger partial charge on any atom is 0.573 e. The van der Waals surface area contributed by atoms with E-state index in [0.29, 0.717) is 21.8 Å². The van der Waals surface area contributed by atoms with Gasteiger partial charge in [0.05, 0.1) is 12.1 Å². The summed E-state index contributed by atoms with van der Waals surface area (Å²) in [6.07, 6.45) is -8.07. The van der Waals surface area contributed by atoms with E-state index < -0.39 is 41.6 Å². The molecule has 0 spiro atoms. The first-order valence-electron chi connectivity index (χ1n) is 11.4. The van der Waals surface area contributed by atoms with Crippen LogP contribution in [0.2, 0.25) is 5.02 Å². The lowest BCUT2D eigenvalue weighted by atomic mass is 9.93. The maximum absolute atomic E-state index is 13.6. The van der Waals surface area contributed by atoms with Crippen molar-refractivity contribution in [2.45, 2.75) is 50.4 Å². The van der Waals surface area contributed by atoms with Gasteiger partial charge < -0.3 is 9.64 Å². The Hall–Kier alpha value is -3.31. The zero-order chi connectivity index (χ0) is 27.9. The van der Waals surface area contributed by atoms with Crippen LogP contribution in [0.15, 0.2) is 66.9 Å². The van der Waals surface area contributed by atoms with Crippen LogP contribution in [0.5, 0.6) is 5.75 Å². The number of rotatable bonds is 6. The van der Waals surface area contributed by atoms with E-state index in [0.717, 1.165) is 24.4 Å². The van der Waals surface area contributed by atoms with E-state index >= 15 is 0 Å². The zero-order valence-electron chi connectivity index (χ0n) is 20.1. The number of aromatic nitrogens is 1. The maximum atomic E-state index is 13.6. The first-order chi connectivity index (χ1) is 17.6. The molecule has 12 heteroatoms. The summed E-state index contributed by atoms with van der Waals surface area (Å²) in [5.74, 6) is -0.801. The third-order valence-corrected chi connectivity index (χ3v) is 6.43. The average molecular weight is 558 g/mol. The van der Waals surface area contributed by atoms with Gasteiger partial charge in [0.2, 0.25) is 5.91 Å². The Balaban J connectivity index is 1.63. The number of carbonyl (C=O) groups excluding carboxylic acids is 1. The minimum absolute atomic E-state index is 0.261. The predicted octanol–water partition coefficient (Wildman–Crippen LogP) is 7.02. The van der Waals surface area contributed by atoms with Gasteiger partial charge in [0.25, 0.3) is 0 Å². The molecule has 2 heterocycles. The molecule has 0 radical (unpaired) electrons. The summed E-state index contributed by atoms with van der Waals surface area (Å²) in [6, 6.07) is 12.7. The van der Waals surface area contributed by atoms with Crippen LogP contribution in [0.4, 0.5) is 32.0 Å². The molecule has 3 aromatic rings. The van der Waals surface area contributed by atoms with Crippen molar-refractivity contribution in [1.29, 1.82) is 0 Å². The molecule has 38 heavy (non-hydrogen) atoms. The molecular weight excluding hydrogens is 536 g/mol. The number of amides is 1. The van der Waals surface area contributed by atoms with Crippen molar-refractivity contribution in [2.24, 2.45) is 0 Å². The van der Waals surface area contributed by atoms with E-state index in [1.807, 2.05) is 0 Å². The molecule has 1 aliphatic rings. The summed E-state index contributed by atoms with van der Waals surface area (Å²) < 4.78 is 80.5. The summed E-state index contributed by atoms with van der Waals surface area (Å²) >= 11 is 6.17. The Morgan fingerprint density at radius 2 is 1.68 bits per heavy atom. The van der Waals surface area contributed by atoms with Crippen molar-refractivity contribution in [1.82, 2.24) is 10.3 Å². The van der Waals surface area contributed by atoms with Gasteiger partial charge >= 0.3 is 12.5 Å². The van der Waals surface area contributed by atoms with Crippen LogP contribution >= 0.6 is 11.6 Å². The lowest BCUT2D eigenvalue weighted by Gasteiger charge is -2.30. The number of carbonyl (C=O) groups is 1. The van der Waals surface area contributed by atoms with Crippen LogP contribution in [0.25, 0.3) is 0 Å². The van der Waals surface area contributed by atoms with E-state index in [9.17, 15) is 31.1 Å². The van der Waals surface area contributed by atoms with E-state index in [-0.39, 0.29) is 12.3 Å². The number of pyridine rings is 1. The molecule has 2 atom stereocenters. The summed E-state index contributed by atoms with van der Waals surface area (Å²) in [7, 11) is 0. The second-order valence-electron chi connectivity index (χ2n) is 9.31. The number of hydrogen-bond acceptors (Lipinski definition) is 4. The Bertz CT molecular complexity index is 1290. The summed E-state index contributed by atoms with van der Waals surface area (Å²) in [6.45, 7) is 3.43. The Morgan fingerprint density at radius 3 is 2.24 bits per heavy atom. The average Bonchev–Trinajstić information content (AvgIpc) is 3.13. The largest absolute Gasteiger partial charge is 0.573 e. The predicted molar refractivity (Wildman–Crippen MR) is 129 cm³/mol. The van der Waals surface area contributed by atoms with Crippen molar-refractivity contribution < 1.29 is 35.9 Å². The number of anilines is 1. The van der Waals surface area contributed by atoms with Crippen LogP contribution in [-0.4, -0.2) is 23.3 Å². The minimum Gasteiger partial charge on any atom is -0.406 e. The SMILES string of the molecule is CC(C)(N[C@@H]1C[C@H](c2cccc(Cl)c2)N(c2ccc(OC(F)(F)F)cc2)C1=O)c1ccc(C(F)(F)F)nc1. The lowest BCUT2D eigenvalue weighted by Crippen LogP contribution is -2.47. The molecule has 2 aromatic carbocycles. The smallest absolute Gasteiger partial charge is 0.406 e. The van der Waals surface area contributed by atoms with Gasteiger partial charge in [0, 0.05) is 22.4 Å². The van der Waals surface area contributed by atoms with Crippen LogP contribution in [0, 0.1) is 0 Å². The molecular formula is C26H22ClF6N3O2. The first kappa shape index (κ1) is 27.7. The molecule has 0 bridgehead atoms. The van der Waals surface area contributed by atoms with Gasteiger partial charge in [-0.15, -0.1) is 13.2 Å². The van der Waals surface area contributed by atoms with Crippen LogP contribution < -0.4 is 15.0 Å². The molecule has 5 nitrogen and oxygen atoms in total. The molecule has 1 aromatic heterocycles. The highest BCUT2D eigenvalue weighted by atomic mass is 35.5. The zero-order valence-corrected chi connectivity index (χ0v) is 20.8. The second kappa shape index (κ2) is 10.1. The highest BCUT2D eigenvalue weighted by molar-refractivity contribution is 6.30. The first-order valence-corrected chi connectivity index (χ1v) is 11.8. The minimum atomic E-state index is -4.86. The number of hydrogen-bond donors (Lipinski definition) is 1. The van der Waals surface area contributed by atoms with Crippen LogP contribution in [0.1, 0.15) is 43.1 Å². The standard InChI is InChI=1S/C26H22ClF6N3O2/c1-24(2,16-6-11-22(34-14-16)25(28,29)30)35-20-13-21(15-4-3-5-17(27)12-15)36(23(20)37)18-7-9-19(10-8-18)38-26(31,32)33/h3-12,14,20-21,35H,13H2,1-2H3/t20-,21-/m1/s1. The highest BCUT2D eigenvalue weighted by Crippen LogP contribution is 2.40. The molecule has 1 fully saturated rings. The number of nitrogens with zero attached hydrogens (tertiary/aromatic N) is 2. The number of ether oxygens (including phenoxy) is 1. The molecule has 0 aliphatic carbocycles. The monoisotopic (exact) mass is 557 g/mol. The lowest BCUT2D eigenvalue weighted by molar-refractivity contribution is -0.274. The van der Waals surface area contributed by atoms with Gasteiger partial charge in [-0.1, -0.05) is 29.8 Å². The van der Waals surface area contributed by atoms with Gasteiger partial charge in [-0.2, -0.15) is 13.2 Å². The third kappa shape index (κ3) is 6.21. The van der Waals surface area contributed by atoms with E-state index in [1.165, 1.54) is 23.1 Å². The Morgan fingerprint density at radius 1 is 1.00 bits per heavy atom. The number of halogens is 7. The molecule has 0 saturated carbocycles. The van der Waals surface area contributed by atoms with E-state index in [2.05, 4.69) is 15.0 Å². The molecule has 1 amide bonds. The molecule has 1 aliphatic heterocycles. The number of benzene rings is 2. The molecule has 1 saturated heterocycles. The second-order valence-corrected chi connectivity index (χ2v) is 9.74. The van der Waals surface area contributed by atoms with Crippen molar-refractivity contribution in [2.75, 3.05) is 4.90 Å². The van der Waals surface area contributed by atoms with E-state index in [1.54, 1.807) is 38.1 Å². The fraction of sp³-hybridized carbons (Fsp3) is 0.308. The van der Waals surface area contributed by atoms with E-state index in [4.69, 9.17) is 11.6 Å². The van der Waals surface area contributed by atoms with Gasteiger partial charge in [0.15, 0.2) is 0 Å². The van der Waals surface area contributed by atoms with Gasteiger partial charge in [-0.3, -0.25) is 15.1 Å². The molecule has 202 valence electrons. The quantitative estimate of drug-likeness (QED) is 0.331. The van der Waals surface area contributed by atoms with Crippen molar-refractivity contribution >= 4 is 23.2 Å². The van der Waals surface area contributed by atoms with Gasteiger partial charge in [-0.05, 0) is 73.9 Å². The molecule has 0 unspecified atom stereocenters. The fourth-order valence-corrected chi connectivity index (χ4v) is 4.64. The summed E-state index contributed by atoms with van der Waals surface area (Å²) in [5, 5.41) is 3.66. The topological polar surface area (TPSA) is 54.5 Å². The normalized spacial score (nSPS) is 18.7. The summed E-state index contributed by atoms with van der Waals surface area (Å²) in [4.78, 5) is 18.6.